The lowest BCUT2D eigenvalue weighted by atomic mass is 9.81. The third-order valence-corrected chi connectivity index (χ3v) is 7.70. The lowest BCUT2D eigenvalue weighted by Crippen LogP contribution is -2.48. The number of carbonyl (C=O) groups is 1. The van der Waals surface area contributed by atoms with Crippen molar-refractivity contribution in [2.24, 2.45) is 0 Å². The van der Waals surface area contributed by atoms with Crippen LogP contribution in [0.4, 0.5) is 11.6 Å². The summed E-state index contributed by atoms with van der Waals surface area (Å²) in [7, 11) is -2.72. The van der Waals surface area contributed by atoms with E-state index in [0.717, 1.165) is 30.4 Å². The Labute approximate surface area is 210 Å². The molecular formula is C25H27ClN4O4S. The quantitative estimate of drug-likeness (QED) is 0.417. The lowest BCUT2D eigenvalue weighted by Gasteiger charge is -2.35. The van der Waals surface area contributed by atoms with Crippen molar-refractivity contribution in [1.82, 2.24) is 9.97 Å². The fraction of sp³-hybridized carbons (Fsp3) is 0.320. The summed E-state index contributed by atoms with van der Waals surface area (Å²) >= 11 is 6.36. The Hall–Kier alpha value is -3.17. The Kier molecular flexibility index (Phi) is 7.28. The van der Waals surface area contributed by atoms with E-state index in [1.807, 2.05) is 31.2 Å². The van der Waals surface area contributed by atoms with Gasteiger partial charge in [-0.3, -0.25) is 4.72 Å². The van der Waals surface area contributed by atoms with Gasteiger partial charge in [-0.1, -0.05) is 61.2 Å². The Morgan fingerprint density at radius 1 is 0.971 bits per heavy atom. The number of hydrogen-bond acceptors (Lipinski definition) is 7. The molecule has 0 radical (unpaired) electrons. The zero-order chi connectivity index (χ0) is 25.1. The minimum atomic E-state index is -4.07. The minimum absolute atomic E-state index is 0.117. The van der Waals surface area contributed by atoms with Crippen molar-refractivity contribution in [2.45, 2.75) is 49.6 Å². The zero-order valence-corrected chi connectivity index (χ0v) is 21.1. The van der Waals surface area contributed by atoms with Gasteiger partial charge in [0.15, 0.2) is 5.03 Å². The first kappa shape index (κ1) is 24.9. The number of hydrogen-bond donors (Lipinski definition) is 2. The number of rotatable bonds is 7. The van der Waals surface area contributed by atoms with E-state index in [4.69, 9.17) is 16.3 Å². The number of anilines is 2. The standard InChI is InChI=1S/C25H27ClN4O4S/c1-17-9-4-5-10-18(17)23-19(26)13-14-21(28-23)30-35(32,33)22-12-8-11-20(27-22)29-25(24(31)34-2)15-6-3-7-16-25/h4-5,8-14H,3,6-7,15-16H2,1-2H3,(H,27,29)(H,28,30). The first-order chi connectivity index (χ1) is 16.7. The van der Waals surface area contributed by atoms with Gasteiger partial charge in [0.25, 0.3) is 10.0 Å². The Morgan fingerprint density at radius 3 is 2.43 bits per heavy atom. The Balaban J connectivity index is 1.61. The number of benzene rings is 1. The minimum Gasteiger partial charge on any atom is -0.467 e. The summed E-state index contributed by atoms with van der Waals surface area (Å²) in [6.45, 7) is 1.93. The predicted octanol–water partition coefficient (Wildman–Crippen LogP) is 5.19. The summed E-state index contributed by atoms with van der Waals surface area (Å²) in [5.74, 6) is 0.0236. The number of aromatic nitrogens is 2. The molecule has 0 amide bonds. The molecule has 4 rings (SSSR count). The van der Waals surface area contributed by atoms with Crippen LogP contribution >= 0.6 is 11.6 Å². The summed E-state index contributed by atoms with van der Waals surface area (Å²) in [6.07, 6.45) is 3.95. The van der Waals surface area contributed by atoms with Crippen molar-refractivity contribution in [3.63, 3.8) is 0 Å². The van der Waals surface area contributed by atoms with Crippen LogP contribution in [0.1, 0.15) is 37.7 Å². The monoisotopic (exact) mass is 514 g/mol. The molecule has 0 aliphatic heterocycles. The molecule has 2 aromatic heterocycles. The molecule has 1 aliphatic rings. The molecule has 2 N–H and O–H groups in total. The van der Waals surface area contributed by atoms with Crippen molar-refractivity contribution in [1.29, 1.82) is 0 Å². The number of ether oxygens (including phenoxy) is 1. The van der Waals surface area contributed by atoms with Crippen molar-refractivity contribution in [2.75, 3.05) is 17.1 Å². The maximum Gasteiger partial charge on any atom is 0.331 e. The molecule has 0 spiro atoms. The SMILES string of the molecule is COC(=O)C1(Nc2cccc(S(=O)(=O)Nc3ccc(Cl)c(-c4ccccc4C)n3)n2)CCCCC1. The molecule has 1 saturated carbocycles. The highest BCUT2D eigenvalue weighted by Crippen LogP contribution is 2.33. The molecule has 0 unspecified atom stereocenters. The van der Waals surface area contributed by atoms with Crippen LogP contribution in [-0.4, -0.2) is 37.0 Å². The number of methoxy groups -OCH3 is 1. The maximum absolute atomic E-state index is 13.1. The second-order valence-corrected chi connectivity index (χ2v) is 10.6. The van der Waals surface area contributed by atoms with E-state index in [9.17, 15) is 13.2 Å². The molecule has 1 aliphatic carbocycles. The van der Waals surface area contributed by atoms with Crippen molar-refractivity contribution in [3.8, 4) is 11.3 Å². The number of nitrogens with one attached hydrogen (secondary N) is 2. The molecule has 0 bridgehead atoms. The summed E-state index contributed by atoms with van der Waals surface area (Å²) in [4.78, 5) is 21.3. The second kappa shape index (κ2) is 10.2. The van der Waals surface area contributed by atoms with E-state index >= 15 is 0 Å². The van der Waals surface area contributed by atoms with Gasteiger partial charge >= 0.3 is 5.97 Å². The molecule has 3 aromatic rings. The van der Waals surface area contributed by atoms with Crippen LogP contribution < -0.4 is 10.0 Å². The molecule has 35 heavy (non-hydrogen) atoms. The maximum atomic E-state index is 13.1. The Bertz CT molecular complexity index is 1340. The topological polar surface area (TPSA) is 110 Å². The average Bonchev–Trinajstić information content (AvgIpc) is 2.86. The molecule has 1 fully saturated rings. The van der Waals surface area contributed by atoms with E-state index in [0.29, 0.717) is 23.6 Å². The molecule has 0 atom stereocenters. The van der Waals surface area contributed by atoms with Crippen LogP contribution in [0.15, 0.2) is 59.6 Å². The van der Waals surface area contributed by atoms with Crippen molar-refractivity contribution < 1.29 is 17.9 Å². The highest BCUT2D eigenvalue weighted by atomic mass is 35.5. The highest BCUT2D eigenvalue weighted by molar-refractivity contribution is 7.92. The fourth-order valence-electron chi connectivity index (χ4n) is 4.33. The number of halogens is 1. The van der Waals surface area contributed by atoms with Gasteiger partial charge in [0.2, 0.25) is 0 Å². The van der Waals surface area contributed by atoms with Gasteiger partial charge in [0.05, 0.1) is 17.8 Å². The number of aryl methyl sites for hydroxylation is 1. The normalized spacial score (nSPS) is 15.3. The molecule has 1 aromatic carbocycles. The average molecular weight is 515 g/mol. The van der Waals surface area contributed by atoms with E-state index in [1.54, 1.807) is 18.2 Å². The van der Waals surface area contributed by atoms with Gasteiger partial charge in [-0.05, 0) is 49.6 Å². The fourth-order valence-corrected chi connectivity index (χ4v) is 5.50. The van der Waals surface area contributed by atoms with Gasteiger partial charge in [-0.25, -0.2) is 14.8 Å². The number of pyridine rings is 2. The number of sulfonamides is 1. The summed E-state index contributed by atoms with van der Waals surface area (Å²) in [6, 6.07) is 15.3. The van der Waals surface area contributed by atoms with Crippen LogP contribution in [0.25, 0.3) is 11.3 Å². The number of nitrogens with zero attached hydrogens (tertiary/aromatic N) is 2. The molecule has 10 heteroatoms. The number of carbonyl (C=O) groups excluding carboxylic acids is 1. The second-order valence-electron chi connectivity index (χ2n) is 8.57. The van der Waals surface area contributed by atoms with E-state index < -0.39 is 15.6 Å². The molecule has 8 nitrogen and oxygen atoms in total. The molecular weight excluding hydrogens is 488 g/mol. The number of esters is 1. The van der Waals surface area contributed by atoms with E-state index in [1.165, 1.54) is 19.2 Å². The summed E-state index contributed by atoms with van der Waals surface area (Å²) in [5, 5.41) is 3.36. The van der Waals surface area contributed by atoms with E-state index in [2.05, 4.69) is 20.0 Å². The summed E-state index contributed by atoms with van der Waals surface area (Å²) in [5.41, 5.74) is 1.33. The summed E-state index contributed by atoms with van der Waals surface area (Å²) < 4.78 is 33.8. The van der Waals surface area contributed by atoms with Gasteiger partial charge in [0, 0.05) is 5.56 Å². The van der Waals surface area contributed by atoms with Gasteiger partial charge in [-0.2, -0.15) is 8.42 Å². The molecule has 2 heterocycles. The van der Waals surface area contributed by atoms with Crippen LogP contribution in [0.2, 0.25) is 5.02 Å². The van der Waals surface area contributed by atoms with Gasteiger partial charge in [0.1, 0.15) is 17.2 Å². The third kappa shape index (κ3) is 5.41. The van der Waals surface area contributed by atoms with Gasteiger partial charge in [-0.15, -0.1) is 0 Å². The van der Waals surface area contributed by atoms with E-state index in [-0.39, 0.29) is 22.6 Å². The van der Waals surface area contributed by atoms with Crippen LogP contribution in [0.5, 0.6) is 0 Å². The lowest BCUT2D eigenvalue weighted by molar-refractivity contribution is -0.147. The third-order valence-electron chi connectivity index (χ3n) is 6.13. The largest absolute Gasteiger partial charge is 0.467 e. The van der Waals surface area contributed by atoms with Gasteiger partial charge < -0.3 is 10.1 Å². The first-order valence-corrected chi connectivity index (χ1v) is 13.2. The predicted molar refractivity (Wildman–Crippen MR) is 136 cm³/mol. The smallest absolute Gasteiger partial charge is 0.331 e. The zero-order valence-electron chi connectivity index (χ0n) is 19.5. The first-order valence-electron chi connectivity index (χ1n) is 11.3. The van der Waals surface area contributed by atoms with Crippen LogP contribution in [0, 0.1) is 6.92 Å². The Morgan fingerprint density at radius 2 is 1.71 bits per heavy atom. The van der Waals surface area contributed by atoms with Crippen LogP contribution in [-0.2, 0) is 19.6 Å². The van der Waals surface area contributed by atoms with Crippen LogP contribution in [0.3, 0.4) is 0 Å². The van der Waals surface area contributed by atoms with Crippen molar-refractivity contribution in [3.05, 3.63) is 65.2 Å². The highest BCUT2D eigenvalue weighted by Gasteiger charge is 2.41. The molecule has 0 saturated heterocycles. The molecule has 184 valence electrons. The van der Waals surface area contributed by atoms with Crippen molar-refractivity contribution >= 4 is 39.2 Å².